The molecule has 0 aromatic carbocycles. The molecule has 0 radical (unpaired) electrons. The van der Waals surface area contributed by atoms with Gasteiger partial charge in [-0.25, -0.2) is 0 Å². The molecular formula is C14H34N2O11. The number of rotatable bonds is 3. The van der Waals surface area contributed by atoms with Gasteiger partial charge in [0.25, 0.3) is 23.9 Å². The predicted octanol–water partition coefficient (Wildman–Crippen LogP) is -1.05. The highest BCUT2D eigenvalue weighted by molar-refractivity contribution is 5.63. The minimum Gasteiger partial charge on any atom is -0.481 e. The predicted molar refractivity (Wildman–Crippen MR) is 95.8 cm³/mol. The molecule has 0 fully saturated rings. The van der Waals surface area contributed by atoms with Gasteiger partial charge in [-0.1, -0.05) is 0 Å². The van der Waals surface area contributed by atoms with Crippen LogP contribution < -0.4 is 11.5 Å². The number of aliphatic carboxylic acids is 4. The smallest absolute Gasteiger partial charge is 0.300 e. The van der Waals surface area contributed by atoms with E-state index in [-0.39, 0.29) is 25.7 Å². The van der Waals surface area contributed by atoms with Crippen LogP contribution in [-0.2, 0) is 23.9 Å². The number of aliphatic hydroxyl groups is 2. The fraction of sp³-hybridized carbons (Fsp3) is 0.714. The molecule has 0 rings (SSSR count). The van der Waals surface area contributed by atoms with Crippen LogP contribution in [0.15, 0.2) is 0 Å². The molecule has 0 bridgehead atoms. The van der Waals surface area contributed by atoms with Crippen molar-refractivity contribution in [2.24, 2.45) is 11.5 Å². The first-order valence-electron chi connectivity index (χ1n) is 7.14. The average molecular weight is 406 g/mol. The van der Waals surface area contributed by atoms with E-state index >= 15 is 0 Å². The van der Waals surface area contributed by atoms with Crippen LogP contribution >= 0.6 is 0 Å². The third kappa shape index (κ3) is 1550. The van der Waals surface area contributed by atoms with Gasteiger partial charge in [0.1, 0.15) is 12.5 Å². The standard InChI is InChI=1S/C4H12N2O.4C2H4O2.C2H6O2/c1-3(5)7-4(2)6;4*1-2(3)4;3-1-2-4/h3-4H,5-6H2,1-2H3;4*1H3,(H,3,4);3-4H,1-2H2. The minimum absolute atomic E-state index is 0.125. The Hall–Kier alpha value is -2.32. The Kier molecular flexibility index (Phi) is 51.3. The lowest BCUT2D eigenvalue weighted by atomic mass is 10.6. The highest BCUT2D eigenvalue weighted by Crippen LogP contribution is 1.82. The molecule has 27 heavy (non-hydrogen) atoms. The van der Waals surface area contributed by atoms with Crippen molar-refractivity contribution in [3.8, 4) is 0 Å². The van der Waals surface area contributed by atoms with Crippen molar-refractivity contribution in [1.29, 1.82) is 0 Å². The summed E-state index contributed by atoms with van der Waals surface area (Å²) < 4.78 is 4.81. The normalized spacial score (nSPS) is 9.70. The molecule has 0 saturated heterocycles. The fourth-order valence-corrected chi connectivity index (χ4v) is 0.339. The number of hydrogen-bond donors (Lipinski definition) is 8. The van der Waals surface area contributed by atoms with E-state index in [1.807, 2.05) is 0 Å². The molecule has 0 aromatic rings. The van der Waals surface area contributed by atoms with Crippen LogP contribution in [0.2, 0.25) is 0 Å². The van der Waals surface area contributed by atoms with Gasteiger partial charge in [-0.05, 0) is 13.8 Å². The Morgan fingerprint density at radius 3 is 0.778 bits per heavy atom. The van der Waals surface area contributed by atoms with Crippen molar-refractivity contribution in [1.82, 2.24) is 0 Å². The van der Waals surface area contributed by atoms with E-state index in [2.05, 4.69) is 0 Å². The van der Waals surface area contributed by atoms with Gasteiger partial charge >= 0.3 is 0 Å². The first-order chi connectivity index (χ1) is 12.0. The zero-order valence-corrected chi connectivity index (χ0v) is 16.4. The van der Waals surface area contributed by atoms with Gasteiger partial charge in [0.15, 0.2) is 0 Å². The van der Waals surface area contributed by atoms with E-state index < -0.39 is 23.9 Å². The topological polar surface area (TPSA) is 251 Å². The molecule has 13 nitrogen and oxygen atoms in total. The molecule has 0 aliphatic rings. The maximum absolute atomic E-state index is 9.00. The van der Waals surface area contributed by atoms with Crippen LogP contribution in [0.25, 0.3) is 0 Å². The van der Waals surface area contributed by atoms with E-state index in [9.17, 15) is 0 Å². The average Bonchev–Trinajstić information content (AvgIpc) is 2.34. The molecule has 0 aromatic heterocycles. The van der Waals surface area contributed by atoms with Crippen LogP contribution in [0, 0.1) is 0 Å². The van der Waals surface area contributed by atoms with E-state index in [1.54, 1.807) is 13.8 Å². The van der Waals surface area contributed by atoms with Crippen molar-refractivity contribution >= 4 is 23.9 Å². The monoisotopic (exact) mass is 406 g/mol. The maximum atomic E-state index is 9.00. The maximum Gasteiger partial charge on any atom is 0.300 e. The Bertz CT molecular complexity index is 276. The first-order valence-corrected chi connectivity index (χ1v) is 7.14. The quantitative estimate of drug-likeness (QED) is 0.261. The number of carbonyl (C=O) groups is 4. The number of ether oxygens (including phenoxy) is 1. The number of aliphatic hydroxyl groups excluding tert-OH is 2. The Morgan fingerprint density at radius 1 is 0.667 bits per heavy atom. The van der Waals surface area contributed by atoms with Gasteiger partial charge in [-0.15, -0.1) is 0 Å². The Labute approximate surface area is 158 Å². The number of hydrogen-bond acceptors (Lipinski definition) is 9. The second kappa shape index (κ2) is 34.9. The highest BCUT2D eigenvalue weighted by atomic mass is 16.5. The van der Waals surface area contributed by atoms with Gasteiger partial charge in [-0.2, -0.15) is 0 Å². The third-order valence-corrected chi connectivity index (χ3v) is 0.529. The van der Waals surface area contributed by atoms with Crippen molar-refractivity contribution < 1.29 is 54.6 Å². The fourth-order valence-electron chi connectivity index (χ4n) is 0.339. The molecule has 13 heteroatoms. The van der Waals surface area contributed by atoms with E-state index in [4.69, 9.17) is 66.0 Å². The Morgan fingerprint density at radius 2 is 0.778 bits per heavy atom. The molecule has 166 valence electrons. The molecule has 0 amide bonds. The van der Waals surface area contributed by atoms with Gasteiger partial charge in [0, 0.05) is 27.7 Å². The van der Waals surface area contributed by atoms with E-state index in [0.29, 0.717) is 0 Å². The molecule has 0 saturated carbocycles. The lowest BCUT2D eigenvalue weighted by molar-refractivity contribution is -0.135. The van der Waals surface area contributed by atoms with Gasteiger partial charge in [0.2, 0.25) is 0 Å². The summed E-state index contributed by atoms with van der Waals surface area (Å²) in [6.07, 6.45) is -0.500. The summed E-state index contributed by atoms with van der Waals surface area (Å²) in [5, 5.41) is 44.9. The second-order valence-electron chi connectivity index (χ2n) is 4.07. The lowest BCUT2D eigenvalue weighted by Gasteiger charge is -2.09. The van der Waals surface area contributed by atoms with Crippen LogP contribution in [0.1, 0.15) is 41.5 Å². The summed E-state index contributed by atoms with van der Waals surface area (Å²) in [6.45, 7) is 7.56. The van der Waals surface area contributed by atoms with Crippen molar-refractivity contribution in [3.05, 3.63) is 0 Å². The number of carboxylic acid groups (broad SMARTS) is 4. The van der Waals surface area contributed by atoms with E-state index in [0.717, 1.165) is 27.7 Å². The van der Waals surface area contributed by atoms with Crippen LogP contribution in [-0.4, -0.2) is 80.2 Å². The van der Waals surface area contributed by atoms with Crippen molar-refractivity contribution in [2.75, 3.05) is 13.2 Å². The van der Waals surface area contributed by atoms with Gasteiger partial charge in [0.05, 0.1) is 13.2 Å². The van der Waals surface area contributed by atoms with Crippen LogP contribution in [0.5, 0.6) is 0 Å². The molecule has 0 heterocycles. The summed E-state index contributed by atoms with van der Waals surface area (Å²) in [6, 6.07) is 0. The third-order valence-electron chi connectivity index (χ3n) is 0.529. The molecule has 0 aliphatic carbocycles. The summed E-state index contributed by atoms with van der Waals surface area (Å²) in [4.78, 5) is 36.0. The molecule has 2 unspecified atom stereocenters. The summed E-state index contributed by atoms with van der Waals surface area (Å²) in [7, 11) is 0. The Balaban J connectivity index is -0.0000000500. The summed E-state index contributed by atoms with van der Waals surface area (Å²) in [5.41, 5.74) is 10.4. The molecule has 10 N–H and O–H groups in total. The molecular weight excluding hydrogens is 372 g/mol. The second-order valence-corrected chi connectivity index (χ2v) is 4.07. The van der Waals surface area contributed by atoms with Crippen LogP contribution in [0.4, 0.5) is 0 Å². The SMILES string of the molecule is CC(=O)O.CC(=O)O.CC(=O)O.CC(=O)O.CC(N)OC(C)N.OCCO. The highest BCUT2D eigenvalue weighted by Gasteiger charge is 1.94. The van der Waals surface area contributed by atoms with Gasteiger partial charge < -0.3 is 46.8 Å². The van der Waals surface area contributed by atoms with E-state index in [1.165, 1.54) is 0 Å². The first kappa shape index (κ1) is 39.7. The zero-order chi connectivity index (χ0) is 23.6. The molecule has 0 aliphatic heterocycles. The molecule has 0 spiro atoms. The molecule has 2 atom stereocenters. The zero-order valence-electron chi connectivity index (χ0n) is 16.4. The summed E-state index contributed by atoms with van der Waals surface area (Å²) >= 11 is 0. The number of carboxylic acids is 4. The van der Waals surface area contributed by atoms with Gasteiger partial charge in [-0.3, -0.25) is 19.2 Å². The largest absolute Gasteiger partial charge is 0.481 e. The number of nitrogens with two attached hydrogens (primary N) is 2. The lowest BCUT2D eigenvalue weighted by Crippen LogP contribution is -2.29. The summed E-state index contributed by atoms with van der Waals surface area (Å²) in [5.74, 6) is -3.33. The van der Waals surface area contributed by atoms with Crippen LogP contribution in [0.3, 0.4) is 0 Å². The minimum atomic E-state index is -0.833. The van der Waals surface area contributed by atoms with Crippen molar-refractivity contribution in [3.63, 3.8) is 0 Å². The van der Waals surface area contributed by atoms with Crippen molar-refractivity contribution in [2.45, 2.75) is 54.0 Å².